The highest BCUT2D eigenvalue weighted by Gasteiger charge is 2.66. The average molecular weight is 806 g/mol. The van der Waals surface area contributed by atoms with Gasteiger partial charge >= 0.3 is 13.6 Å². The highest BCUT2D eigenvalue weighted by molar-refractivity contribution is 8.03. The zero-order valence-electron chi connectivity index (χ0n) is 32.4. The maximum absolute atomic E-state index is 14.7. The molecule has 7 rings (SSSR count). The van der Waals surface area contributed by atoms with Gasteiger partial charge in [0.15, 0.2) is 0 Å². The fraction of sp³-hybridized carbons (Fsp3) is 0.512. The van der Waals surface area contributed by atoms with E-state index in [1.165, 1.54) is 16.8 Å². The SMILES string of the molecule is C=C[C@@H]1C[C@]1(NC(=O)[C@@H]1C[C@@H](Oc2cc(-c3ccccc3)nc3cc(OC)ccc23)CN1C(=O)[C@@H](NC(=O)OC1CCCC1)C(C)(C)C)P(=O)(O)NSC1CC1. The van der Waals surface area contributed by atoms with Gasteiger partial charge in [-0.3, -0.25) is 14.2 Å². The van der Waals surface area contributed by atoms with Crippen molar-refractivity contribution in [1.29, 1.82) is 0 Å². The number of methoxy groups -OCH3 is 1. The van der Waals surface area contributed by atoms with Crippen molar-refractivity contribution in [3.8, 4) is 22.8 Å². The van der Waals surface area contributed by atoms with Gasteiger partial charge in [0.25, 0.3) is 0 Å². The Bertz CT molecular complexity index is 2020. The predicted octanol–water partition coefficient (Wildman–Crippen LogP) is 6.95. The first kappa shape index (κ1) is 40.1. The summed E-state index contributed by atoms with van der Waals surface area (Å²) in [7, 11) is -2.56. The van der Waals surface area contributed by atoms with Crippen LogP contribution in [-0.2, 0) is 18.9 Å². The Labute approximate surface area is 332 Å². The second kappa shape index (κ2) is 16.0. The average Bonchev–Trinajstić information content (AvgIpc) is 4.04. The molecule has 1 aromatic heterocycles. The zero-order chi connectivity index (χ0) is 39.8. The van der Waals surface area contributed by atoms with E-state index in [1.54, 1.807) is 13.2 Å². The highest BCUT2D eigenvalue weighted by Crippen LogP contribution is 2.68. The molecule has 56 heavy (non-hydrogen) atoms. The first-order valence-electron chi connectivity index (χ1n) is 19.4. The molecule has 2 aromatic carbocycles. The molecule has 4 fully saturated rings. The lowest BCUT2D eigenvalue weighted by Crippen LogP contribution is -2.58. The molecule has 3 aromatic rings. The first-order chi connectivity index (χ1) is 26.7. The Morgan fingerprint density at radius 3 is 2.45 bits per heavy atom. The number of aromatic nitrogens is 1. The monoisotopic (exact) mass is 805 g/mol. The second-order valence-corrected chi connectivity index (χ2v) is 20.0. The van der Waals surface area contributed by atoms with Gasteiger partial charge in [0.05, 0.1) is 24.9 Å². The molecule has 13 nitrogen and oxygen atoms in total. The van der Waals surface area contributed by atoms with Gasteiger partial charge in [0, 0.05) is 40.7 Å². The number of pyridine rings is 1. The van der Waals surface area contributed by atoms with Gasteiger partial charge in [0.1, 0.15) is 41.1 Å². The number of amides is 3. The molecule has 3 saturated carbocycles. The van der Waals surface area contributed by atoms with E-state index in [0.717, 1.165) is 44.1 Å². The van der Waals surface area contributed by atoms with Gasteiger partial charge in [0.2, 0.25) is 11.8 Å². The summed E-state index contributed by atoms with van der Waals surface area (Å²) in [5, 5.41) is 5.23. The largest absolute Gasteiger partial charge is 0.497 e. The first-order valence-corrected chi connectivity index (χ1v) is 21.9. The Hall–Kier alpha value is -4.10. The summed E-state index contributed by atoms with van der Waals surface area (Å²) in [5.41, 5.74) is 1.41. The zero-order valence-corrected chi connectivity index (χ0v) is 34.1. The number of nitrogens with zero attached hydrogens (tertiary/aromatic N) is 2. The van der Waals surface area contributed by atoms with E-state index >= 15 is 0 Å². The van der Waals surface area contributed by atoms with Gasteiger partial charge in [-0.15, -0.1) is 6.58 Å². The molecule has 15 heteroatoms. The molecule has 1 unspecified atom stereocenters. The second-order valence-electron chi connectivity index (χ2n) is 16.4. The molecule has 1 aliphatic heterocycles. The quantitative estimate of drug-likeness (QED) is 0.0757. The number of likely N-dealkylation sites (tertiary alicyclic amines) is 1. The summed E-state index contributed by atoms with van der Waals surface area (Å²) in [6, 6.07) is 14.9. The Balaban J connectivity index is 1.20. The van der Waals surface area contributed by atoms with Crippen LogP contribution < -0.4 is 24.6 Å². The highest BCUT2D eigenvalue weighted by atomic mass is 32.2. The smallest absolute Gasteiger partial charge is 0.408 e. The van der Waals surface area contributed by atoms with E-state index in [4.69, 9.17) is 19.2 Å². The summed E-state index contributed by atoms with van der Waals surface area (Å²) >= 11 is 1.22. The number of benzene rings is 2. The topological polar surface area (TPSA) is 168 Å². The van der Waals surface area contributed by atoms with Gasteiger partial charge in [-0.25, -0.2) is 9.78 Å². The van der Waals surface area contributed by atoms with Crippen molar-refractivity contribution >= 4 is 48.3 Å². The van der Waals surface area contributed by atoms with E-state index < -0.39 is 60.2 Å². The van der Waals surface area contributed by atoms with E-state index in [-0.39, 0.29) is 30.7 Å². The Morgan fingerprint density at radius 1 is 1.07 bits per heavy atom. The molecule has 1 saturated heterocycles. The third-order valence-electron chi connectivity index (χ3n) is 11.2. The maximum atomic E-state index is 14.7. The summed E-state index contributed by atoms with van der Waals surface area (Å²) in [6.07, 6.45) is 5.71. The van der Waals surface area contributed by atoms with Crippen LogP contribution in [0.3, 0.4) is 0 Å². The molecule has 0 bridgehead atoms. The van der Waals surface area contributed by atoms with Crippen LogP contribution in [-0.4, -0.2) is 81.2 Å². The van der Waals surface area contributed by atoms with Crippen molar-refractivity contribution in [2.45, 2.75) is 107 Å². The molecule has 4 N–H and O–H groups in total. The number of carbonyl (C=O) groups is 3. The van der Waals surface area contributed by atoms with Crippen molar-refractivity contribution in [1.82, 2.24) is 25.0 Å². The van der Waals surface area contributed by atoms with E-state index in [1.807, 2.05) is 75.4 Å². The standard InChI is InChI=1S/C41H52N5O8PS/c1-6-26-23-41(26,55(50,51)45-56-30-17-18-30)44-37(47)34-21-29(24-46(34)38(48)36(40(2,3)4)43-39(49)54-27-14-10-11-15-27)53-35-22-32(25-12-8-7-9-13-25)42-33-20-28(52-5)16-19-31(33)35/h6-9,12-13,16,19-20,22,26-27,29-30,34,36H,1,10-11,14-15,17-18,21,23-24H2,2-5H3,(H,43,49)(H,44,47)(H2,45,50,51)/t26-,29-,34+,36-,41+/m1/s1. The molecule has 6 atom stereocenters. The van der Waals surface area contributed by atoms with Crippen molar-refractivity contribution in [3.63, 3.8) is 0 Å². The summed E-state index contributed by atoms with van der Waals surface area (Å²) < 4.78 is 34.6. The minimum absolute atomic E-state index is 0.00789. The number of carbonyl (C=O) groups excluding carboxylic acids is 3. The van der Waals surface area contributed by atoms with Gasteiger partial charge in [-0.05, 0) is 62.5 Å². The van der Waals surface area contributed by atoms with E-state index in [2.05, 4.69) is 21.7 Å². The molecule has 0 radical (unpaired) electrons. The van der Waals surface area contributed by atoms with Crippen molar-refractivity contribution in [2.75, 3.05) is 13.7 Å². The normalized spacial score (nSPS) is 25.2. The van der Waals surface area contributed by atoms with Crippen LogP contribution in [0.1, 0.15) is 72.1 Å². The van der Waals surface area contributed by atoms with Crippen molar-refractivity contribution < 1.29 is 38.1 Å². The molecule has 3 aliphatic carbocycles. The van der Waals surface area contributed by atoms with Crippen LogP contribution in [0.5, 0.6) is 11.5 Å². The maximum Gasteiger partial charge on any atom is 0.408 e. The number of rotatable bonds is 14. The number of hydrogen-bond donors (Lipinski definition) is 4. The van der Waals surface area contributed by atoms with Crippen molar-refractivity contribution in [3.05, 3.63) is 67.3 Å². The third kappa shape index (κ3) is 8.58. The molecule has 0 spiro atoms. The van der Waals surface area contributed by atoms with E-state index in [0.29, 0.717) is 28.1 Å². The molecule has 3 amide bonds. The summed E-state index contributed by atoms with van der Waals surface area (Å²) in [5.74, 6) is -0.385. The number of nitrogens with one attached hydrogen (secondary N) is 3. The number of fused-ring (bicyclic) bond motifs is 1. The predicted molar refractivity (Wildman–Crippen MR) is 216 cm³/mol. The molecular formula is C41H52N5O8PS. The van der Waals surface area contributed by atoms with Gasteiger partial charge < -0.3 is 34.6 Å². The minimum atomic E-state index is -4.14. The number of hydrogen-bond acceptors (Lipinski definition) is 9. The Morgan fingerprint density at radius 2 is 1.80 bits per heavy atom. The van der Waals surface area contributed by atoms with Crippen molar-refractivity contribution in [2.24, 2.45) is 11.3 Å². The van der Waals surface area contributed by atoms with E-state index in [9.17, 15) is 23.8 Å². The van der Waals surface area contributed by atoms with Gasteiger partial charge in [-0.1, -0.05) is 69.1 Å². The fourth-order valence-electron chi connectivity index (χ4n) is 7.67. The molecule has 4 aliphatic rings. The minimum Gasteiger partial charge on any atom is -0.497 e. The van der Waals surface area contributed by atoms with Crippen LogP contribution in [0, 0.1) is 11.3 Å². The molecule has 2 heterocycles. The number of alkyl carbamates (subject to hydrolysis) is 1. The third-order valence-corrected chi connectivity index (χ3v) is 15.1. The van der Waals surface area contributed by atoms with Gasteiger partial charge in [-0.2, -0.15) is 4.49 Å². The molecule has 300 valence electrons. The fourth-order valence-corrected chi connectivity index (χ4v) is 11.1. The number of ether oxygens (including phenoxy) is 3. The Kier molecular flexibility index (Phi) is 11.5. The van der Waals surface area contributed by atoms with Crippen LogP contribution in [0.25, 0.3) is 22.2 Å². The van der Waals surface area contributed by atoms with Crippen LogP contribution >= 0.6 is 19.5 Å². The van der Waals surface area contributed by atoms with Crippen LogP contribution in [0.15, 0.2) is 67.3 Å². The summed E-state index contributed by atoms with van der Waals surface area (Å²) in [4.78, 5) is 60.1. The lowest BCUT2D eigenvalue weighted by atomic mass is 9.85. The van der Waals surface area contributed by atoms with Crippen LogP contribution in [0.2, 0.25) is 0 Å². The van der Waals surface area contributed by atoms with Crippen LogP contribution in [0.4, 0.5) is 4.79 Å². The summed E-state index contributed by atoms with van der Waals surface area (Å²) in [6.45, 7) is 9.38. The lowest BCUT2D eigenvalue weighted by molar-refractivity contribution is -0.142. The lowest BCUT2D eigenvalue weighted by Gasteiger charge is -2.35. The molecular weight excluding hydrogens is 754 g/mol.